The van der Waals surface area contributed by atoms with Crippen molar-refractivity contribution in [2.24, 2.45) is 0 Å². The van der Waals surface area contributed by atoms with Crippen LogP contribution in [0, 0.1) is 5.82 Å². The first kappa shape index (κ1) is 17.2. The summed E-state index contributed by atoms with van der Waals surface area (Å²) in [5, 5.41) is 10.9. The number of thioether (sulfide) groups is 2. The minimum atomic E-state index is -0.298. The highest BCUT2D eigenvalue weighted by Crippen LogP contribution is 2.29. The van der Waals surface area contributed by atoms with Crippen LogP contribution in [0.4, 0.5) is 9.52 Å². The Morgan fingerprint density at radius 1 is 1.38 bits per heavy atom. The molecule has 0 atom stereocenters. The standard InChI is InChI=1S/C14H13FN4O2S3/c15-10-4-2-1-3-9(10)6-23-14-18-17-13(24-14)16-11(20)5-19-8-22-7-12(19)21/h1-4H,5-8H2,(H,16,17,20). The third-order valence-corrected chi connectivity index (χ3v) is 6.09. The molecule has 2 heterocycles. The number of nitrogens with zero attached hydrogens (tertiary/aromatic N) is 3. The number of rotatable bonds is 6. The molecule has 10 heteroatoms. The average molecular weight is 384 g/mol. The predicted molar refractivity (Wildman–Crippen MR) is 93.5 cm³/mol. The summed E-state index contributed by atoms with van der Waals surface area (Å²) in [6, 6.07) is 6.56. The van der Waals surface area contributed by atoms with Crippen LogP contribution in [-0.4, -0.2) is 45.1 Å². The highest BCUT2D eigenvalue weighted by Gasteiger charge is 2.23. The van der Waals surface area contributed by atoms with Crippen LogP contribution >= 0.6 is 34.9 Å². The molecule has 1 aliphatic heterocycles. The van der Waals surface area contributed by atoms with Gasteiger partial charge in [0, 0.05) is 5.75 Å². The van der Waals surface area contributed by atoms with Gasteiger partial charge in [-0.3, -0.25) is 14.9 Å². The lowest BCUT2D eigenvalue weighted by Gasteiger charge is -2.12. The molecule has 6 nitrogen and oxygen atoms in total. The van der Waals surface area contributed by atoms with Crippen LogP contribution in [-0.2, 0) is 15.3 Å². The van der Waals surface area contributed by atoms with Gasteiger partial charge in [0.2, 0.25) is 16.9 Å². The highest BCUT2D eigenvalue weighted by molar-refractivity contribution is 8.00. The van der Waals surface area contributed by atoms with Crippen molar-refractivity contribution in [3.63, 3.8) is 0 Å². The Balaban J connectivity index is 1.51. The summed E-state index contributed by atoms with van der Waals surface area (Å²) in [5.74, 6) is 0.807. The fourth-order valence-corrected chi connectivity index (χ4v) is 4.60. The monoisotopic (exact) mass is 384 g/mol. The van der Waals surface area contributed by atoms with E-state index < -0.39 is 0 Å². The van der Waals surface area contributed by atoms with E-state index in [1.807, 2.05) is 0 Å². The third kappa shape index (κ3) is 4.46. The molecule has 1 saturated heterocycles. The Kier molecular flexibility index (Phi) is 5.69. The number of hydrogen-bond acceptors (Lipinski definition) is 7. The molecule has 2 amide bonds. The lowest BCUT2D eigenvalue weighted by Crippen LogP contribution is -2.34. The number of benzene rings is 1. The fourth-order valence-electron chi connectivity index (χ4n) is 1.95. The second kappa shape index (κ2) is 7.95. The van der Waals surface area contributed by atoms with E-state index >= 15 is 0 Å². The van der Waals surface area contributed by atoms with Crippen LogP contribution in [0.2, 0.25) is 0 Å². The number of anilines is 1. The van der Waals surface area contributed by atoms with Gasteiger partial charge in [-0.1, -0.05) is 41.3 Å². The zero-order chi connectivity index (χ0) is 16.9. The van der Waals surface area contributed by atoms with Gasteiger partial charge in [0.15, 0.2) is 4.34 Å². The normalized spacial score (nSPS) is 14.2. The maximum absolute atomic E-state index is 13.6. The summed E-state index contributed by atoms with van der Waals surface area (Å²) in [4.78, 5) is 24.9. The van der Waals surface area contributed by atoms with E-state index in [-0.39, 0.29) is 24.2 Å². The molecular weight excluding hydrogens is 371 g/mol. The topological polar surface area (TPSA) is 75.2 Å². The van der Waals surface area contributed by atoms with Gasteiger partial charge in [-0.15, -0.1) is 22.0 Å². The zero-order valence-electron chi connectivity index (χ0n) is 12.4. The van der Waals surface area contributed by atoms with Crippen molar-refractivity contribution in [1.82, 2.24) is 15.1 Å². The Hall–Kier alpha value is -1.65. The molecule has 1 fully saturated rings. The molecule has 2 aromatic rings. The van der Waals surface area contributed by atoms with Crippen LogP contribution in [0.1, 0.15) is 5.56 Å². The smallest absolute Gasteiger partial charge is 0.245 e. The van der Waals surface area contributed by atoms with E-state index in [9.17, 15) is 14.0 Å². The Labute approximate surface area is 150 Å². The molecule has 126 valence electrons. The van der Waals surface area contributed by atoms with Crippen molar-refractivity contribution >= 4 is 51.8 Å². The molecule has 0 saturated carbocycles. The van der Waals surface area contributed by atoms with Gasteiger partial charge in [0.05, 0.1) is 11.6 Å². The van der Waals surface area contributed by atoms with E-state index in [1.54, 1.807) is 18.2 Å². The first-order chi connectivity index (χ1) is 11.6. The fraction of sp³-hybridized carbons (Fsp3) is 0.286. The van der Waals surface area contributed by atoms with Crippen molar-refractivity contribution in [1.29, 1.82) is 0 Å². The van der Waals surface area contributed by atoms with E-state index in [1.165, 1.54) is 45.8 Å². The highest BCUT2D eigenvalue weighted by atomic mass is 32.2. The second-order valence-corrected chi connectivity index (χ2v) is 8.03. The van der Waals surface area contributed by atoms with E-state index in [0.29, 0.717) is 32.4 Å². The van der Waals surface area contributed by atoms with Crippen molar-refractivity contribution in [3.05, 3.63) is 35.6 Å². The molecule has 0 bridgehead atoms. The van der Waals surface area contributed by atoms with Crippen molar-refractivity contribution in [2.75, 3.05) is 23.5 Å². The molecule has 0 spiro atoms. The zero-order valence-corrected chi connectivity index (χ0v) is 14.8. The van der Waals surface area contributed by atoms with Crippen molar-refractivity contribution in [3.8, 4) is 0 Å². The molecule has 0 radical (unpaired) electrons. The number of carbonyl (C=O) groups excluding carboxylic acids is 2. The van der Waals surface area contributed by atoms with Crippen LogP contribution < -0.4 is 5.32 Å². The van der Waals surface area contributed by atoms with Gasteiger partial charge >= 0.3 is 0 Å². The Morgan fingerprint density at radius 2 is 2.21 bits per heavy atom. The summed E-state index contributed by atoms with van der Waals surface area (Å²) < 4.78 is 14.2. The summed E-state index contributed by atoms with van der Waals surface area (Å²) in [6.45, 7) is 0.0170. The van der Waals surface area contributed by atoms with Crippen LogP contribution in [0.15, 0.2) is 28.6 Å². The number of aromatic nitrogens is 2. The number of halogens is 1. The maximum atomic E-state index is 13.6. The van der Waals surface area contributed by atoms with Crippen LogP contribution in [0.3, 0.4) is 0 Å². The SMILES string of the molecule is O=C(CN1CSCC1=O)Nc1nnc(SCc2ccccc2F)s1. The van der Waals surface area contributed by atoms with Crippen molar-refractivity contribution in [2.45, 2.75) is 10.1 Å². The molecule has 1 N–H and O–H groups in total. The molecule has 1 aromatic heterocycles. The minimum Gasteiger partial charge on any atom is -0.323 e. The first-order valence-corrected chi connectivity index (χ1v) is 9.92. The summed E-state index contributed by atoms with van der Waals surface area (Å²) in [6.07, 6.45) is 0. The van der Waals surface area contributed by atoms with Crippen LogP contribution in [0.25, 0.3) is 0 Å². The molecular formula is C14H13FN4O2S3. The molecule has 0 unspecified atom stereocenters. The number of hydrogen-bond donors (Lipinski definition) is 1. The van der Waals surface area contributed by atoms with E-state index in [2.05, 4.69) is 15.5 Å². The van der Waals surface area contributed by atoms with E-state index in [4.69, 9.17) is 0 Å². The predicted octanol–water partition coefficient (Wildman–Crippen LogP) is 2.44. The molecule has 0 aliphatic carbocycles. The quantitative estimate of drug-likeness (QED) is 0.609. The van der Waals surface area contributed by atoms with Gasteiger partial charge in [0.25, 0.3) is 0 Å². The van der Waals surface area contributed by atoms with Gasteiger partial charge < -0.3 is 4.90 Å². The molecule has 1 aliphatic rings. The van der Waals surface area contributed by atoms with Gasteiger partial charge in [0.1, 0.15) is 12.4 Å². The van der Waals surface area contributed by atoms with Crippen LogP contribution in [0.5, 0.6) is 0 Å². The van der Waals surface area contributed by atoms with Gasteiger partial charge in [-0.05, 0) is 11.6 Å². The lowest BCUT2D eigenvalue weighted by atomic mass is 10.2. The maximum Gasteiger partial charge on any atom is 0.245 e. The molecule has 3 rings (SSSR count). The second-order valence-electron chi connectivity index (χ2n) is 4.87. The largest absolute Gasteiger partial charge is 0.323 e. The van der Waals surface area contributed by atoms with E-state index in [0.717, 1.165) is 0 Å². The molecule has 24 heavy (non-hydrogen) atoms. The molecule has 1 aromatic carbocycles. The number of carbonyl (C=O) groups is 2. The first-order valence-electron chi connectivity index (χ1n) is 6.97. The Bertz CT molecular complexity index is 755. The lowest BCUT2D eigenvalue weighted by molar-refractivity contribution is -0.130. The van der Waals surface area contributed by atoms with Gasteiger partial charge in [-0.2, -0.15) is 0 Å². The number of amides is 2. The summed E-state index contributed by atoms with van der Waals surface area (Å²) in [5.41, 5.74) is 0.591. The average Bonchev–Trinajstić information content (AvgIpc) is 3.16. The van der Waals surface area contributed by atoms with Crippen molar-refractivity contribution < 1.29 is 14.0 Å². The number of nitrogens with one attached hydrogen (secondary N) is 1. The minimum absolute atomic E-state index is 0.0170. The summed E-state index contributed by atoms with van der Waals surface area (Å²) in [7, 11) is 0. The Morgan fingerprint density at radius 3 is 2.96 bits per heavy atom. The third-order valence-electron chi connectivity index (χ3n) is 3.12. The van der Waals surface area contributed by atoms with Gasteiger partial charge in [-0.25, -0.2) is 4.39 Å². The summed E-state index contributed by atoms with van der Waals surface area (Å²) >= 11 is 4.06.